The van der Waals surface area contributed by atoms with Gasteiger partial charge in [0.15, 0.2) is 5.11 Å². The lowest BCUT2D eigenvalue weighted by atomic mass is 10.0. The van der Waals surface area contributed by atoms with Crippen LogP contribution < -0.4 is 5.32 Å². The van der Waals surface area contributed by atoms with Gasteiger partial charge in [-0.3, -0.25) is 4.98 Å². The molecule has 0 unspecified atom stereocenters. The molecular formula is C14H14BrN3OS2. The number of thiophene rings is 1. The number of hydrogen-bond acceptors (Lipinski definition) is 4. The molecule has 1 aliphatic heterocycles. The molecule has 1 aliphatic rings. The number of rotatable bonds is 4. The van der Waals surface area contributed by atoms with E-state index in [0.29, 0.717) is 11.7 Å². The molecule has 0 radical (unpaired) electrons. The maximum atomic E-state index is 9.32. The van der Waals surface area contributed by atoms with Crippen LogP contribution in [0.5, 0.6) is 0 Å². The second-order valence-corrected chi connectivity index (χ2v) is 7.57. The van der Waals surface area contributed by atoms with Crippen molar-refractivity contribution in [1.29, 1.82) is 0 Å². The monoisotopic (exact) mass is 383 g/mol. The summed E-state index contributed by atoms with van der Waals surface area (Å²) in [6, 6.07) is 10.1. The fourth-order valence-corrected chi connectivity index (χ4v) is 4.46. The molecule has 0 spiro atoms. The Bertz CT molecular complexity index is 634. The van der Waals surface area contributed by atoms with Crippen LogP contribution in [0, 0.1) is 0 Å². The van der Waals surface area contributed by atoms with E-state index in [1.54, 1.807) is 17.5 Å². The molecular weight excluding hydrogens is 370 g/mol. The van der Waals surface area contributed by atoms with Gasteiger partial charge in [0.1, 0.15) is 0 Å². The van der Waals surface area contributed by atoms with Crippen molar-refractivity contribution in [3.05, 3.63) is 50.9 Å². The van der Waals surface area contributed by atoms with E-state index in [-0.39, 0.29) is 18.7 Å². The van der Waals surface area contributed by atoms with Crippen molar-refractivity contribution in [3.8, 4) is 0 Å². The molecule has 2 aromatic heterocycles. The lowest BCUT2D eigenvalue weighted by molar-refractivity contribution is 0.224. The minimum atomic E-state index is -0.00389. The molecule has 2 aromatic rings. The predicted molar refractivity (Wildman–Crippen MR) is 91.3 cm³/mol. The highest BCUT2D eigenvalue weighted by atomic mass is 79.9. The molecule has 110 valence electrons. The second-order valence-electron chi connectivity index (χ2n) is 4.69. The lowest BCUT2D eigenvalue weighted by Crippen LogP contribution is -2.31. The highest BCUT2D eigenvalue weighted by Crippen LogP contribution is 2.41. The Labute approximate surface area is 140 Å². The molecule has 0 aliphatic carbocycles. The first-order chi connectivity index (χ1) is 10.2. The van der Waals surface area contributed by atoms with E-state index < -0.39 is 0 Å². The molecule has 0 bridgehead atoms. The van der Waals surface area contributed by atoms with E-state index in [9.17, 15) is 5.11 Å². The molecule has 3 heterocycles. The number of nitrogens with zero attached hydrogens (tertiary/aromatic N) is 2. The fourth-order valence-electron chi connectivity index (χ4n) is 2.55. The maximum Gasteiger partial charge on any atom is 0.170 e. The van der Waals surface area contributed by atoms with Crippen LogP contribution in [0.3, 0.4) is 0 Å². The summed E-state index contributed by atoms with van der Waals surface area (Å²) in [5.41, 5.74) is 0.954. The summed E-state index contributed by atoms with van der Waals surface area (Å²) in [5.74, 6) is 0. The van der Waals surface area contributed by atoms with E-state index in [2.05, 4.69) is 32.3 Å². The Hall–Kier alpha value is -1.02. The van der Waals surface area contributed by atoms with Gasteiger partial charge in [-0.15, -0.1) is 11.3 Å². The topological polar surface area (TPSA) is 48.4 Å². The van der Waals surface area contributed by atoms with Crippen molar-refractivity contribution in [2.24, 2.45) is 0 Å². The van der Waals surface area contributed by atoms with Crippen molar-refractivity contribution >= 4 is 44.6 Å². The number of nitrogens with one attached hydrogen (secondary N) is 1. The van der Waals surface area contributed by atoms with Crippen molar-refractivity contribution in [2.45, 2.75) is 12.1 Å². The molecule has 1 saturated heterocycles. The number of pyridine rings is 1. The molecule has 2 N–H and O–H groups in total. The van der Waals surface area contributed by atoms with Gasteiger partial charge in [0.2, 0.25) is 0 Å². The zero-order valence-electron chi connectivity index (χ0n) is 11.1. The molecule has 1 fully saturated rings. The lowest BCUT2D eigenvalue weighted by Gasteiger charge is -2.25. The minimum Gasteiger partial charge on any atom is -0.395 e. The minimum absolute atomic E-state index is 0.00389. The van der Waals surface area contributed by atoms with Crippen LogP contribution >= 0.6 is 39.5 Å². The van der Waals surface area contributed by atoms with E-state index in [4.69, 9.17) is 12.2 Å². The molecule has 3 rings (SSSR count). The normalized spacial score (nSPS) is 21.6. The number of hydrogen-bond donors (Lipinski definition) is 2. The quantitative estimate of drug-likeness (QED) is 0.794. The van der Waals surface area contributed by atoms with Crippen molar-refractivity contribution in [3.63, 3.8) is 0 Å². The van der Waals surface area contributed by atoms with Gasteiger partial charge in [0.25, 0.3) is 0 Å². The summed E-state index contributed by atoms with van der Waals surface area (Å²) >= 11 is 10.6. The SMILES string of the molecule is OCCN1C(=S)N[C@H](c2ccccn2)[C@H]1c1ccc(Br)s1. The van der Waals surface area contributed by atoms with Gasteiger partial charge in [0.05, 0.1) is 28.2 Å². The Morgan fingerprint density at radius 1 is 1.38 bits per heavy atom. The number of thiocarbonyl (C=S) groups is 1. The van der Waals surface area contributed by atoms with Crippen molar-refractivity contribution < 1.29 is 5.11 Å². The van der Waals surface area contributed by atoms with Crippen LogP contribution in [0.4, 0.5) is 0 Å². The Kier molecular flexibility index (Phi) is 4.54. The molecule has 2 atom stereocenters. The molecule has 0 aromatic carbocycles. The third kappa shape index (κ3) is 2.96. The Morgan fingerprint density at radius 2 is 2.24 bits per heavy atom. The van der Waals surface area contributed by atoms with Gasteiger partial charge in [-0.05, 0) is 52.4 Å². The summed E-state index contributed by atoms with van der Waals surface area (Å²) in [6.45, 7) is 0.579. The molecule has 21 heavy (non-hydrogen) atoms. The highest BCUT2D eigenvalue weighted by Gasteiger charge is 2.40. The summed E-state index contributed by atoms with van der Waals surface area (Å²) in [4.78, 5) is 7.68. The van der Waals surface area contributed by atoms with Gasteiger partial charge >= 0.3 is 0 Å². The van der Waals surface area contributed by atoms with Crippen LogP contribution in [0.2, 0.25) is 0 Å². The van der Waals surface area contributed by atoms with Crippen LogP contribution in [0.15, 0.2) is 40.3 Å². The standard InChI is InChI=1S/C14H14BrN3OS2/c15-11-5-4-10(21-11)13-12(9-3-1-2-6-16-9)17-14(20)18(13)7-8-19/h1-6,12-13,19H,7-8H2,(H,17,20)/t12-,13-/m1/s1. The van der Waals surface area contributed by atoms with Gasteiger partial charge in [0, 0.05) is 17.6 Å². The third-order valence-electron chi connectivity index (χ3n) is 3.42. The summed E-state index contributed by atoms with van der Waals surface area (Å²) in [5, 5.41) is 13.3. The zero-order valence-corrected chi connectivity index (χ0v) is 14.3. The fraction of sp³-hybridized carbons (Fsp3) is 0.286. The van der Waals surface area contributed by atoms with Crippen molar-refractivity contribution in [1.82, 2.24) is 15.2 Å². The average Bonchev–Trinajstić information content (AvgIpc) is 3.05. The van der Waals surface area contributed by atoms with Gasteiger partial charge in [-0.2, -0.15) is 0 Å². The highest BCUT2D eigenvalue weighted by molar-refractivity contribution is 9.11. The third-order valence-corrected chi connectivity index (χ3v) is 5.47. The zero-order chi connectivity index (χ0) is 14.8. The molecule has 0 saturated carbocycles. The summed E-state index contributed by atoms with van der Waals surface area (Å²) < 4.78 is 1.08. The van der Waals surface area contributed by atoms with Gasteiger partial charge < -0.3 is 15.3 Å². The predicted octanol–water partition coefficient (Wildman–Crippen LogP) is 2.87. The Balaban J connectivity index is 2.00. The number of halogens is 1. The maximum absolute atomic E-state index is 9.32. The largest absolute Gasteiger partial charge is 0.395 e. The van der Waals surface area contributed by atoms with Crippen molar-refractivity contribution in [2.75, 3.05) is 13.2 Å². The van der Waals surface area contributed by atoms with E-state index >= 15 is 0 Å². The number of aromatic nitrogens is 1. The molecule has 0 amide bonds. The van der Waals surface area contributed by atoms with Crippen LogP contribution in [-0.4, -0.2) is 33.3 Å². The number of aliphatic hydroxyl groups excluding tert-OH is 1. The van der Waals surface area contributed by atoms with Gasteiger partial charge in [-0.1, -0.05) is 6.07 Å². The smallest absolute Gasteiger partial charge is 0.170 e. The second kappa shape index (κ2) is 6.39. The first-order valence-corrected chi connectivity index (χ1v) is 8.56. The first-order valence-electron chi connectivity index (χ1n) is 6.55. The van der Waals surface area contributed by atoms with Crippen LogP contribution in [0.25, 0.3) is 0 Å². The van der Waals surface area contributed by atoms with Crippen LogP contribution in [-0.2, 0) is 0 Å². The van der Waals surface area contributed by atoms with E-state index in [1.807, 2.05) is 29.2 Å². The van der Waals surface area contributed by atoms with E-state index in [0.717, 1.165) is 9.48 Å². The Morgan fingerprint density at radius 3 is 2.86 bits per heavy atom. The average molecular weight is 384 g/mol. The number of aliphatic hydroxyl groups is 1. The first kappa shape index (κ1) is 14.9. The van der Waals surface area contributed by atoms with Crippen LogP contribution in [0.1, 0.15) is 22.7 Å². The summed E-state index contributed by atoms with van der Waals surface area (Å²) in [6.07, 6.45) is 1.79. The number of β-amino-alcohol motifs (C(OH)–C–C–N with tert-alkyl or cyclic N) is 1. The van der Waals surface area contributed by atoms with Gasteiger partial charge in [-0.25, -0.2) is 0 Å². The molecule has 4 nitrogen and oxygen atoms in total. The molecule has 7 heteroatoms. The summed E-state index contributed by atoms with van der Waals surface area (Å²) in [7, 11) is 0. The van der Waals surface area contributed by atoms with E-state index in [1.165, 1.54) is 4.88 Å².